The molecule has 148 valence electrons. The summed E-state index contributed by atoms with van der Waals surface area (Å²) in [5.41, 5.74) is 1.15. The summed E-state index contributed by atoms with van der Waals surface area (Å²) in [6.45, 7) is 2.51. The van der Waals surface area contributed by atoms with Crippen LogP contribution < -0.4 is 0 Å². The molecule has 1 fully saturated rings. The minimum Gasteiger partial charge on any atom is -0.467 e. The molecule has 0 bridgehead atoms. The number of methoxy groups -OCH3 is 2. The van der Waals surface area contributed by atoms with E-state index in [4.69, 9.17) is 0 Å². The smallest absolute Gasteiger partial charge is 0.337 e. The van der Waals surface area contributed by atoms with Gasteiger partial charge in [-0.25, -0.2) is 9.59 Å². The summed E-state index contributed by atoms with van der Waals surface area (Å²) in [7, 11) is 2.47. The second kappa shape index (κ2) is 8.60. The van der Waals surface area contributed by atoms with Crippen molar-refractivity contribution < 1.29 is 33.4 Å². The average Bonchev–Trinajstić information content (AvgIpc) is 2.68. The van der Waals surface area contributed by atoms with Gasteiger partial charge in [0.1, 0.15) is 11.8 Å². The lowest BCUT2D eigenvalue weighted by molar-refractivity contribution is -0.157. The summed E-state index contributed by atoms with van der Waals surface area (Å²) in [5.74, 6) is -4.53. The van der Waals surface area contributed by atoms with E-state index in [2.05, 4.69) is 9.47 Å². The predicted molar refractivity (Wildman–Crippen MR) is 98.1 cm³/mol. The fraction of sp³-hybridized carbons (Fsp3) is 0.350. The van der Waals surface area contributed by atoms with Gasteiger partial charge in [-0.3, -0.25) is 14.4 Å². The highest BCUT2D eigenvalue weighted by molar-refractivity contribution is 6.26. The van der Waals surface area contributed by atoms with Crippen LogP contribution in [0.3, 0.4) is 0 Å². The van der Waals surface area contributed by atoms with E-state index in [1.165, 1.54) is 39.4 Å². The maximum atomic E-state index is 12.7. The Morgan fingerprint density at radius 3 is 2.21 bits per heavy atom. The first-order chi connectivity index (χ1) is 13.2. The Morgan fingerprint density at radius 1 is 1.11 bits per heavy atom. The first kappa shape index (κ1) is 21.0. The largest absolute Gasteiger partial charge is 0.467 e. The molecular formula is C20H21NO7. The second-order valence-electron chi connectivity index (χ2n) is 6.36. The van der Waals surface area contributed by atoms with E-state index in [0.717, 1.165) is 11.8 Å². The highest BCUT2D eigenvalue weighted by Gasteiger charge is 2.44. The van der Waals surface area contributed by atoms with E-state index in [0.29, 0.717) is 11.1 Å². The van der Waals surface area contributed by atoms with Gasteiger partial charge in [-0.05, 0) is 37.6 Å². The number of nitrogens with zero attached hydrogens (tertiary/aromatic N) is 1. The molecule has 8 heteroatoms. The maximum Gasteiger partial charge on any atom is 0.337 e. The Hall–Kier alpha value is -3.29. The van der Waals surface area contributed by atoms with Crippen LogP contribution in [0.15, 0.2) is 29.8 Å². The zero-order valence-corrected chi connectivity index (χ0v) is 16.1. The third kappa shape index (κ3) is 4.16. The van der Waals surface area contributed by atoms with Crippen LogP contribution in [0.5, 0.6) is 0 Å². The predicted octanol–water partition coefficient (Wildman–Crippen LogP) is 1.03. The summed E-state index contributed by atoms with van der Waals surface area (Å²) in [6.07, 6.45) is 1.53. The van der Waals surface area contributed by atoms with Gasteiger partial charge >= 0.3 is 11.9 Å². The number of amides is 1. The van der Waals surface area contributed by atoms with Crippen molar-refractivity contribution in [3.8, 4) is 0 Å². The van der Waals surface area contributed by atoms with Gasteiger partial charge in [0.2, 0.25) is 5.91 Å². The van der Waals surface area contributed by atoms with Crippen LogP contribution in [0.25, 0.3) is 6.08 Å². The van der Waals surface area contributed by atoms with Gasteiger partial charge < -0.3 is 14.4 Å². The molecule has 1 aromatic rings. The number of Topliss-reactive ketones (excluding diaryl/α,β-unsaturated/α-hetero) is 2. The lowest BCUT2D eigenvalue weighted by Gasteiger charge is -2.35. The standard InChI is InChI=1S/C20H21NO7/c1-11(19(25)27-3)21-10-15(17(23)16(12(2)22)18(21)24)9-13-5-7-14(8-6-13)20(26)28-4/h5-9,11,16H,10H2,1-4H3/b15-9-. The number of piperidine rings is 1. The number of ketones is 2. The molecule has 1 heterocycles. The fourth-order valence-electron chi connectivity index (χ4n) is 2.94. The third-order valence-electron chi connectivity index (χ3n) is 4.54. The first-order valence-electron chi connectivity index (χ1n) is 8.53. The van der Waals surface area contributed by atoms with Crippen LogP contribution >= 0.6 is 0 Å². The van der Waals surface area contributed by atoms with Crippen LogP contribution in [-0.4, -0.2) is 61.1 Å². The van der Waals surface area contributed by atoms with Crippen molar-refractivity contribution in [2.24, 2.45) is 5.92 Å². The molecule has 0 radical (unpaired) electrons. The Bertz CT molecular complexity index is 854. The quantitative estimate of drug-likeness (QED) is 0.422. The molecule has 2 atom stereocenters. The van der Waals surface area contributed by atoms with E-state index in [1.54, 1.807) is 12.1 Å². The number of benzene rings is 1. The molecule has 0 aromatic heterocycles. The normalized spacial score (nSPS) is 19.4. The monoisotopic (exact) mass is 387 g/mol. The van der Waals surface area contributed by atoms with E-state index < -0.39 is 41.4 Å². The molecule has 0 N–H and O–H groups in total. The number of hydrogen-bond donors (Lipinski definition) is 0. The van der Waals surface area contributed by atoms with Gasteiger partial charge in [-0.1, -0.05) is 12.1 Å². The lowest BCUT2D eigenvalue weighted by Crippen LogP contribution is -2.55. The van der Waals surface area contributed by atoms with Crippen molar-refractivity contribution in [3.63, 3.8) is 0 Å². The van der Waals surface area contributed by atoms with E-state index in [1.807, 2.05) is 0 Å². The number of carbonyl (C=O) groups excluding carboxylic acids is 5. The van der Waals surface area contributed by atoms with Crippen molar-refractivity contribution in [2.75, 3.05) is 20.8 Å². The highest BCUT2D eigenvalue weighted by atomic mass is 16.5. The molecule has 1 aliphatic rings. The first-order valence-corrected chi connectivity index (χ1v) is 8.53. The third-order valence-corrected chi connectivity index (χ3v) is 4.54. The summed E-state index contributed by atoms with van der Waals surface area (Å²) in [5, 5.41) is 0. The van der Waals surface area contributed by atoms with Crippen LogP contribution in [0.2, 0.25) is 0 Å². The number of ether oxygens (including phenoxy) is 2. The van der Waals surface area contributed by atoms with Crippen LogP contribution in [0, 0.1) is 5.92 Å². The number of rotatable bonds is 5. The van der Waals surface area contributed by atoms with Gasteiger partial charge in [0.15, 0.2) is 11.7 Å². The zero-order valence-electron chi connectivity index (χ0n) is 16.1. The van der Waals surface area contributed by atoms with Crippen molar-refractivity contribution in [1.29, 1.82) is 0 Å². The van der Waals surface area contributed by atoms with Gasteiger partial charge in [-0.15, -0.1) is 0 Å². The molecule has 28 heavy (non-hydrogen) atoms. The van der Waals surface area contributed by atoms with Crippen LogP contribution in [0.4, 0.5) is 0 Å². The zero-order chi connectivity index (χ0) is 21.0. The van der Waals surface area contributed by atoms with Gasteiger partial charge in [-0.2, -0.15) is 0 Å². The SMILES string of the molecule is COC(=O)c1ccc(/C=C2/CN(C(C)C(=O)OC)C(=O)C(C(C)=O)C2=O)cc1. The van der Waals surface area contributed by atoms with Crippen molar-refractivity contribution in [2.45, 2.75) is 19.9 Å². The van der Waals surface area contributed by atoms with Crippen molar-refractivity contribution >= 4 is 35.5 Å². The maximum absolute atomic E-state index is 12.7. The molecule has 0 aliphatic carbocycles. The average molecular weight is 387 g/mol. The van der Waals surface area contributed by atoms with Crippen molar-refractivity contribution in [1.82, 2.24) is 4.90 Å². The van der Waals surface area contributed by atoms with Crippen molar-refractivity contribution in [3.05, 3.63) is 41.0 Å². The number of esters is 2. The molecule has 0 spiro atoms. The number of likely N-dealkylation sites (tertiary alicyclic amines) is 1. The topological polar surface area (TPSA) is 107 Å². The minimum atomic E-state index is -1.48. The van der Waals surface area contributed by atoms with E-state index >= 15 is 0 Å². The minimum absolute atomic E-state index is 0.129. The molecule has 1 aromatic carbocycles. The Balaban J connectivity index is 2.40. The molecule has 0 saturated carbocycles. The molecular weight excluding hydrogens is 366 g/mol. The van der Waals surface area contributed by atoms with Gasteiger partial charge in [0.25, 0.3) is 0 Å². The summed E-state index contributed by atoms with van der Waals surface area (Å²) in [6, 6.07) is 5.35. The van der Waals surface area contributed by atoms with Gasteiger partial charge in [0.05, 0.1) is 26.3 Å². The molecule has 2 rings (SSSR count). The summed E-state index contributed by atoms with van der Waals surface area (Å²) in [4.78, 5) is 61.7. The summed E-state index contributed by atoms with van der Waals surface area (Å²) >= 11 is 0. The summed E-state index contributed by atoms with van der Waals surface area (Å²) < 4.78 is 9.30. The number of carbonyl (C=O) groups is 5. The highest BCUT2D eigenvalue weighted by Crippen LogP contribution is 2.24. The second-order valence-corrected chi connectivity index (χ2v) is 6.36. The molecule has 1 saturated heterocycles. The van der Waals surface area contributed by atoms with Gasteiger partial charge in [0, 0.05) is 5.57 Å². The van der Waals surface area contributed by atoms with Crippen LogP contribution in [0.1, 0.15) is 29.8 Å². The Labute approximate surface area is 162 Å². The van der Waals surface area contributed by atoms with E-state index in [9.17, 15) is 24.0 Å². The fourth-order valence-corrected chi connectivity index (χ4v) is 2.94. The Morgan fingerprint density at radius 2 is 1.71 bits per heavy atom. The van der Waals surface area contributed by atoms with E-state index in [-0.39, 0.29) is 12.1 Å². The lowest BCUT2D eigenvalue weighted by atomic mass is 9.87. The van der Waals surface area contributed by atoms with Crippen LogP contribution in [-0.2, 0) is 28.7 Å². The number of hydrogen-bond acceptors (Lipinski definition) is 7. The molecule has 2 unspecified atom stereocenters. The molecule has 8 nitrogen and oxygen atoms in total. The molecule has 1 aliphatic heterocycles. The molecule has 1 amide bonds. The Kier molecular flexibility index (Phi) is 6.45.